The van der Waals surface area contributed by atoms with Gasteiger partial charge in [0.15, 0.2) is 15.7 Å². The number of aromatic nitrogens is 4. The Morgan fingerprint density at radius 1 is 1.02 bits per heavy atom. The number of hydrogen-bond acceptors (Lipinski definition) is 10. The Balaban J connectivity index is 1.43. The first-order valence-corrected chi connectivity index (χ1v) is 16.9. The van der Waals surface area contributed by atoms with E-state index in [1.807, 2.05) is 9.80 Å². The van der Waals surface area contributed by atoms with Crippen LogP contribution in [0.4, 0.5) is 16.2 Å². The minimum absolute atomic E-state index is 0.0269. The molecule has 2 aliphatic rings. The minimum atomic E-state index is -4.39. The molecular weight excluding hydrogens is 622 g/mol. The van der Waals surface area contributed by atoms with Crippen LogP contribution >= 0.6 is 34.5 Å². The number of nitrogens with zero attached hydrogens (tertiary/aromatic N) is 6. The van der Waals surface area contributed by atoms with Gasteiger partial charge in [0.05, 0.1) is 44.1 Å². The second-order valence-electron chi connectivity index (χ2n) is 10.1. The highest BCUT2D eigenvalue weighted by Crippen LogP contribution is 2.49. The molecule has 1 aromatic carbocycles. The molecule has 0 bridgehead atoms. The van der Waals surface area contributed by atoms with E-state index in [0.717, 1.165) is 29.1 Å². The molecule has 6 rings (SSSR count). The van der Waals surface area contributed by atoms with Crippen molar-refractivity contribution in [1.82, 2.24) is 19.2 Å². The van der Waals surface area contributed by atoms with Crippen LogP contribution in [0.2, 0.25) is 10.0 Å². The highest BCUT2D eigenvalue weighted by atomic mass is 35.5. The summed E-state index contributed by atoms with van der Waals surface area (Å²) in [6.07, 6.45) is 4.70. The molecule has 0 radical (unpaired) electrons. The van der Waals surface area contributed by atoms with Gasteiger partial charge in [0.1, 0.15) is 14.2 Å². The summed E-state index contributed by atoms with van der Waals surface area (Å²) in [6.45, 7) is 4.59. The average Bonchev–Trinajstić information content (AvgIpc) is 3.29. The molecule has 4 heterocycles. The molecule has 40 heavy (non-hydrogen) atoms. The summed E-state index contributed by atoms with van der Waals surface area (Å²) >= 11 is 13.1. The van der Waals surface area contributed by atoms with Crippen LogP contribution in [-0.4, -0.2) is 66.4 Å². The summed E-state index contributed by atoms with van der Waals surface area (Å²) in [5.74, 6) is 0.142. The quantitative estimate of drug-likeness (QED) is 0.296. The van der Waals surface area contributed by atoms with Crippen molar-refractivity contribution in [2.24, 2.45) is 0 Å². The van der Waals surface area contributed by atoms with E-state index in [1.165, 1.54) is 38.4 Å². The summed E-state index contributed by atoms with van der Waals surface area (Å²) in [5, 5.41) is 4.55. The molecule has 0 N–H and O–H groups in total. The van der Waals surface area contributed by atoms with Gasteiger partial charge in [-0.2, -0.15) is 12.5 Å². The first-order chi connectivity index (χ1) is 18.8. The van der Waals surface area contributed by atoms with Crippen LogP contribution in [0.25, 0.3) is 10.9 Å². The van der Waals surface area contributed by atoms with Crippen LogP contribution in [0.5, 0.6) is 0 Å². The zero-order valence-electron chi connectivity index (χ0n) is 21.3. The third-order valence-corrected chi connectivity index (χ3v) is 13.5. The zero-order valence-corrected chi connectivity index (χ0v) is 25.2. The smallest absolute Gasteiger partial charge is 0.293 e. The number of sulfone groups is 1. The lowest BCUT2D eigenvalue weighted by molar-refractivity contribution is 0.498. The molecule has 0 unspecified atom stereocenters. The van der Waals surface area contributed by atoms with Crippen LogP contribution < -0.4 is 9.80 Å². The van der Waals surface area contributed by atoms with Gasteiger partial charge in [-0.1, -0.05) is 23.2 Å². The fraction of sp³-hybridized carbons (Fsp3) is 0.375. The van der Waals surface area contributed by atoms with Crippen molar-refractivity contribution in [2.75, 3.05) is 29.4 Å². The highest BCUT2D eigenvalue weighted by molar-refractivity contribution is 7.95. The Morgan fingerprint density at radius 2 is 1.70 bits per heavy atom. The molecule has 0 amide bonds. The number of rotatable bonds is 6. The summed E-state index contributed by atoms with van der Waals surface area (Å²) in [6, 6.07) is 4.70. The van der Waals surface area contributed by atoms with Gasteiger partial charge < -0.3 is 9.80 Å². The zero-order chi connectivity index (χ0) is 28.6. The number of halogens is 3. The molecule has 1 spiro atoms. The van der Waals surface area contributed by atoms with Gasteiger partial charge in [0.25, 0.3) is 10.0 Å². The SMILES string of the molecule is CC(C)S(=O)(=O)c1ccc(S(=O)(=O)n2nc(N3CCN(c4ncc(Cl)cn4)CC34CC4)c3c(Cl)cc(F)cc32)s1. The second-order valence-corrected chi connectivity index (χ2v) is 16.8. The maximum Gasteiger partial charge on any atom is 0.293 e. The molecule has 1 aliphatic heterocycles. The van der Waals surface area contributed by atoms with Crippen molar-refractivity contribution >= 4 is 77.1 Å². The summed E-state index contributed by atoms with van der Waals surface area (Å²) < 4.78 is 67.9. The largest absolute Gasteiger partial charge is 0.345 e. The first kappa shape index (κ1) is 27.6. The van der Waals surface area contributed by atoms with Crippen molar-refractivity contribution in [3.8, 4) is 0 Å². The standard InChI is InChI=1S/C24H23Cl2FN6O4S3/c1-14(2)39(34,35)19-3-4-20(38-19)40(36,37)33-18-10-16(27)9-17(26)21(18)22(30-33)32-8-7-31(13-24(32)5-6-24)23-28-11-15(25)12-29-23/h3-4,9-12,14H,5-8,13H2,1-2H3. The van der Waals surface area contributed by atoms with Crippen LogP contribution in [-0.2, 0) is 19.9 Å². The topological polar surface area (TPSA) is 118 Å². The molecule has 212 valence electrons. The van der Waals surface area contributed by atoms with Crippen molar-refractivity contribution < 1.29 is 21.2 Å². The lowest BCUT2D eigenvalue weighted by atomic mass is 10.1. The van der Waals surface area contributed by atoms with Gasteiger partial charge in [0, 0.05) is 25.7 Å². The van der Waals surface area contributed by atoms with E-state index in [2.05, 4.69) is 15.1 Å². The van der Waals surface area contributed by atoms with E-state index in [4.69, 9.17) is 23.2 Å². The number of benzene rings is 1. The van der Waals surface area contributed by atoms with Crippen molar-refractivity contribution in [2.45, 2.75) is 45.9 Å². The van der Waals surface area contributed by atoms with Crippen LogP contribution in [0, 0.1) is 5.82 Å². The lowest BCUT2D eigenvalue weighted by Gasteiger charge is -2.42. The van der Waals surface area contributed by atoms with Gasteiger partial charge in [-0.05, 0) is 44.9 Å². The summed E-state index contributed by atoms with van der Waals surface area (Å²) in [7, 11) is -8.08. The average molecular weight is 646 g/mol. The van der Waals surface area contributed by atoms with Crippen LogP contribution in [0.1, 0.15) is 26.7 Å². The van der Waals surface area contributed by atoms with E-state index in [1.54, 1.807) is 0 Å². The summed E-state index contributed by atoms with van der Waals surface area (Å²) in [4.78, 5) is 12.7. The van der Waals surface area contributed by atoms with Crippen LogP contribution in [0.15, 0.2) is 45.1 Å². The van der Waals surface area contributed by atoms with Gasteiger partial charge in [0.2, 0.25) is 5.95 Å². The fourth-order valence-corrected chi connectivity index (χ4v) is 9.87. The number of fused-ring (bicyclic) bond motifs is 1. The Labute approximate surface area is 244 Å². The predicted octanol–water partition coefficient (Wildman–Crippen LogP) is 4.61. The van der Waals surface area contributed by atoms with Crippen molar-refractivity contribution in [1.29, 1.82) is 0 Å². The van der Waals surface area contributed by atoms with Gasteiger partial charge in [-0.25, -0.2) is 22.8 Å². The number of thiophene rings is 1. The van der Waals surface area contributed by atoms with Gasteiger partial charge in [-0.3, -0.25) is 0 Å². The minimum Gasteiger partial charge on any atom is -0.345 e. The molecule has 16 heteroatoms. The molecule has 1 saturated carbocycles. The number of piperazine rings is 1. The van der Waals surface area contributed by atoms with Crippen molar-refractivity contribution in [3.05, 3.63) is 52.5 Å². The second kappa shape index (κ2) is 9.51. The molecule has 1 aliphatic carbocycles. The Bertz CT molecular complexity index is 1850. The number of hydrogen-bond donors (Lipinski definition) is 0. The molecule has 1 saturated heterocycles. The Hall–Kier alpha value is -2.52. The van der Waals surface area contributed by atoms with Crippen LogP contribution in [0.3, 0.4) is 0 Å². The molecule has 4 aromatic rings. The fourth-order valence-electron chi connectivity index (χ4n) is 4.93. The van der Waals surface area contributed by atoms with Gasteiger partial charge in [-0.15, -0.1) is 16.4 Å². The summed E-state index contributed by atoms with van der Waals surface area (Å²) in [5.41, 5.74) is -0.392. The molecule has 0 atom stereocenters. The normalized spacial score (nSPS) is 17.4. The van der Waals surface area contributed by atoms with E-state index in [0.29, 0.717) is 53.1 Å². The molecule has 2 fully saturated rings. The monoisotopic (exact) mass is 644 g/mol. The highest BCUT2D eigenvalue weighted by Gasteiger charge is 2.53. The Kier molecular flexibility index (Phi) is 6.57. The molecule has 3 aromatic heterocycles. The van der Waals surface area contributed by atoms with Gasteiger partial charge >= 0.3 is 0 Å². The number of anilines is 2. The molecule has 10 nitrogen and oxygen atoms in total. The van der Waals surface area contributed by atoms with E-state index in [-0.39, 0.29) is 24.5 Å². The first-order valence-electron chi connectivity index (χ1n) is 12.3. The lowest BCUT2D eigenvalue weighted by Crippen LogP contribution is -2.56. The maximum atomic E-state index is 14.6. The van der Waals surface area contributed by atoms with Crippen molar-refractivity contribution in [3.63, 3.8) is 0 Å². The van der Waals surface area contributed by atoms with E-state index >= 15 is 0 Å². The predicted molar refractivity (Wildman–Crippen MR) is 152 cm³/mol. The van der Waals surface area contributed by atoms with E-state index < -0.39 is 30.9 Å². The third kappa shape index (κ3) is 4.44. The third-order valence-electron chi connectivity index (χ3n) is 7.21. The van der Waals surface area contributed by atoms with E-state index in [9.17, 15) is 21.2 Å². The maximum absolute atomic E-state index is 14.6. The Morgan fingerprint density at radius 3 is 2.35 bits per heavy atom. The molecular formula is C24H23Cl2FN6O4S3.